The normalized spacial score (nSPS) is 16.9. The van der Waals surface area contributed by atoms with Crippen LogP contribution in [0.5, 0.6) is 0 Å². The summed E-state index contributed by atoms with van der Waals surface area (Å²) in [6, 6.07) is 10.0. The van der Waals surface area contributed by atoms with E-state index in [0.29, 0.717) is 0 Å². The van der Waals surface area contributed by atoms with Crippen LogP contribution in [0, 0.1) is 11.6 Å². The molecule has 2 aliphatic rings. The molecule has 2 nitrogen and oxygen atoms in total. The fourth-order valence-electron chi connectivity index (χ4n) is 4.27. The van der Waals surface area contributed by atoms with Crippen molar-refractivity contribution in [1.82, 2.24) is 4.90 Å². The Morgan fingerprint density at radius 1 is 0.741 bits per heavy atom. The SMILES string of the molecule is Cl.Fc1ccc2c(c1)N(CCCN1CCCCC1)c1cc(F)ccc1CC2. The molecule has 2 aliphatic heterocycles. The van der Waals surface area contributed by atoms with Crippen LogP contribution in [0.15, 0.2) is 36.4 Å². The summed E-state index contributed by atoms with van der Waals surface area (Å²) < 4.78 is 27.9. The van der Waals surface area contributed by atoms with Gasteiger partial charge in [-0.25, -0.2) is 8.78 Å². The van der Waals surface area contributed by atoms with Gasteiger partial charge >= 0.3 is 0 Å². The molecule has 4 rings (SSSR count). The molecule has 146 valence electrons. The zero-order chi connectivity index (χ0) is 17.9. The Balaban J connectivity index is 0.00000210. The lowest BCUT2D eigenvalue weighted by Gasteiger charge is -2.30. The van der Waals surface area contributed by atoms with Gasteiger partial charge in [-0.1, -0.05) is 18.6 Å². The van der Waals surface area contributed by atoms with Crippen LogP contribution in [0.2, 0.25) is 0 Å². The number of anilines is 2. The van der Waals surface area contributed by atoms with Crippen LogP contribution < -0.4 is 4.90 Å². The van der Waals surface area contributed by atoms with Crippen LogP contribution in [0.25, 0.3) is 0 Å². The van der Waals surface area contributed by atoms with Gasteiger partial charge in [-0.2, -0.15) is 0 Å². The largest absolute Gasteiger partial charge is 0.341 e. The minimum absolute atomic E-state index is 0. The van der Waals surface area contributed by atoms with Gasteiger partial charge in [-0.3, -0.25) is 0 Å². The topological polar surface area (TPSA) is 6.48 Å². The van der Waals surface area contributed by atoms with Crippen LogP contribution in [-0.2, 0) is 12.8 Å². The van der Waals surface area contributed by atoms with E-state index >= 15 is 0 Å². The molecule has 0 bridgehead atoms. The van der Waals surface area contributed by atoms with Gasteiger partial charge < -0.3 is 9.80 Å². The van der Waals surface area contributed by atoms with Crippen molar-refractivity contribution in [2.24, 2.45) is 0 Å². The van der Waals surface area contributed by atoms with E-state index in [9.17, 15) is 8.78 Å². The van der Waals surface area contributed by atoms with Crippen molar-refractivity contribution in [1.29, 1.82) is 0 Å². The molecule has 0 saturated carbocycles. The molecule has 1 fully saturated rings. The molecule has 0 unspecified atom stereocenters. The number of benzene rings is 2. The van der Waals surface area contributed by atoms with Gasteiger partial charge in [0.05, 0.1) is 0 Å². The maximum absolute atomic E-state index is 14.0. The zero-order valence-corrected chi connectivity index (χ0v) is 16.4. The lowest BCUT2D eigenvalue weighted by atomic mass is 10.0. The van der Waals surface area contributed by atoms with Crippen molar-refractivity contribution in [2.75, 3.05) is 31.1 Å². The van der Waals surface area contributed by atoms with E-state index in [1.165, 1.54) is 44.5 Å². The number of rotatable bonds is 4. The highest BCUT2D eigenvalue weighted by Crippen LogP contribution is 2.37. The predicted molar refractivity (Wildman–Crippen MR) is 109 cm³/mol. The fraction of sp³-hybridized carbons (Fsp3) is 0.455. The summed E-state index contributed by atoms with van der Waals surface area (Å²) >= 11 is 0. The van der Waals surface area contributed by atoms with Crippen LogP contribution >= 0.6 is 12.4 Å². The average molecular weight is 393 g/mol. The standard InChI is InChI=1S/C22H26F2N2.ClH/c23-19-9-7-17-5-6-18-8-10-20(24)16-22(18)26(21(17)15-19)14-4-13-25-11-2-1-3-12-25;/h7-10,15-16H,1-6,11-14H2;1H. The second kappa shape index (κ2) is 9.03. The molecule has 0 aliphatic carbocycles. The average Bonchev–Trinajstić information content (AvgIpc) is 2.80. The molecule has 0 aromatic heterocycles. The van der Waals surface area contributed by atoms with E-state index in [0.717, 1.165) is 54.9 Å². The van der Waals surface area contributed by atoms with Gasteiger partial charge in [0.25, 0.3) is 0 Å². The molecule has 2 aromatic rings. The van der Waals surface area contributed by atoms with Gasteiger partial charge in [0.15, 0.2) is 0 Å². The van der Waals surface area contributed by atoms with Gasteiger partial charge in [0, 0.05) is 17.9 Å². The molecule has 0 radical (unpaired) electrons. The Morgan fingerprint density at radius 2 is 1.30 bits per heavy atom. The van der Waals surface area contributed by atoms with E-state index in [-0.39, 0.29) is 24.0 Å². The smallest absolute Gasteiger partial charge is 0.125 e. The summed E-state index contributed by atoms with van der Waals surface area (Å²) in [4.78, 5) is 4.65. The number of nitrogens with zero attached hydrogens (tertiary/aromatic N) is 2. The molecule has 2 heterocycles. The molecule has 0 spiro atoms. The predicted octanol–water partition coefficient (Wildman–Crippen LogP) is 5.50. The number of piperidine rings is 1. The molecule has 0 N–H and O–H groups in total. The fourth-order valence-corrected chi connectivity index (χ4v) is 4.27. The first kappa shape index (κ1) is 20.1. The van der Waals surface area contributed by atoms with Crippen molar-refractivity contribution in [2.45, 2.75) is 38.5 Å². The van der Waals surface area contributed by atoms with E-state index in [1.54, 1.807) is 12.1 Å². The Kier molecular flexibility index (Phi) is 6.72. The van der Waals surface area contributed by atoms with E-state index < -0.39 is 0 Å². The Hall–Kier alpha value is -1.65. The summed E-state index contributed by atoms with van der Waals surface area (Å²) in [5.74, 6) is -0.464. The molecule has 27 heavy (non-hydrogen) atoms. The summed E-state index contributed by atoms with van der Waals surface area (Å²) in [6.07, 6.45) is 6.61. The minimum atomic E-state index is -0.232. The lowest BCUT2D eigenvalue weighted by Crippen LogP contribution is -2.32. The molecular weight excluding hydrogens is 366 g/mol. The van der Waals surface area contributed by atoms with Gasteiger partial charge in [-0.15, -0.1) is 12.4 Å². The maximum atomic E-state index is 14.0. The van der Waals surface area contributed by atoms with Gasteiger partial charge in [0.1, 0.15) is 11.6 Å². The van der Waals surface area contributed by atoms with Crippen LogP contribution in [0.3, 0.4) is 0 Å². The highest BCUT2D eigenvalue weighted by Gasteiger charge is 2.22. The summed E-state index contributed by atoms with van der Waals surface area (Å²) in [5, 5.41) is 0. The van der Waals surface area contributed by atoms with Crippen molar-refractivity contribution < 1.29 is 8.78 Å². The molecule has 1 saturated heterocycles. The number of hydrogen-bond donors (Lipinski definition) is 0. The van der Waals surface area contributed by atoms with Crippen LogP contribution in [0.1, 0.15) is 36.8 Å². The van der Waals surface area contributed by atoms with Crippen LogP contribution in [0.4, 0.5) is 20.2 Å². The highest BCUT2D eigenvalue weighted by molar-refractivity contribution is 5.85. The Morgan fingerprint density at radius 3 is 1.85 bits per heavy atom. The Labute approximate surface area is 166 Å². The first-order valence-electron chi connectivity index (χ1n) is 9.77. The first-order valence-corrected chi connectivity index (χ1v) is 9.77. The summed E-state index contributed by atoms with van der Waals surface area (Å²) in [6.45, 7) is 4.18. The quantitative estimate of drug-likeness (QED) is 0.677. The van der Waals surface area contributed by atoms with E-state index in [4.69, 9.17) is 0 Å². The number of fused-ring (bicyclic) bond motifs is 2. The maximum Gasteiger partial charge on any atom is 0.125 e. The number of hydrogen-bond acceptors (Lipinski definition) is 2. The third-order valence-corrected chi connectivity index (χ3v) is 5.64. The monoisotopic (exact) mass is 392 g/mol. The zero-order valence-electron chi connectivity index (χ0n) is 15.6. The van der Waals surface area contributed by atoms with Crippen molar-refractivity contribution in [3.05, 3.63) is 59.2 Å². The molecule has 0 atom stereocenters. The lowest BCUT2D eigenvalue weighted by molar-refractivity contribution is 0.227. The third kappa shape index (κ3) is 4.61. The van der Waals surface area contributed by atoms with E-state index in [2.05, 4.69) is 9.80 Å². The molecule has 2 aromatic carbocycles. The summed E-state index contributed by atoms with van der Waals surface area (Å²) in [7, 11) is 0. The number of aryl methyl sites for hydroxylation is 2. The van der Waals surface area contributed by atoms with Crippen molar-refractivity contribution >= 4 is 23.8 Å². The summed E-state index contributed by atoms with van der Waals surface area (Å²) in [5.41, 5.74) is 4.07. The van der Waals surface area contributed by atoms with Crippen molar-refractivity contribution in [3.63, 3.8) is 0 Å². The molecular formula is C22H27ClF2N2. The van der Waals surface area contributed by atoms with E-state index in [1.807, 2.05) is 12.1 Å². The van der Waals surface area contributed by atoms with Crippen molar-refractivity contribution in [3.8, 4) is 0 Å². The third-order valence-electron chi connectivity index (χ3n) is 5.64. The number of halogens is 3. The molecule has 5 heteroatoms. The second-order valence-corrected chi connectivity index (χ2v) is 7.45. The molecule has 0 amide bonds. The number of likely N-dealkylation sites (tertiary alicyclic amines) is 1. The van der Waals surface area contributed by atoms with Gasteiger partial charge in [0.2, 0.25) is 0 Å². The van der Waals surface area contributed by atoms with Crippen LogP contribution in [-0.4, -0.2) is 31.1 Å². The second-order valence-electron chi connectivity index (χ2n) is 7.45. The first-order chi connectivity index (χ1) is 12.7. The highest BCUT2D eigenvalue weighted by atomic mass is 35.5. The minimum Gasteiger partial charge on any atom is -0.341 e. The van der Waals surface area contributed by atoms with Gasteiger partial charge in [-0.05, 0) is 87.1 Å². The Bertz CT molecular complexity index is 721.